The van der Waals surface area contributed by atoms with Crippen molar-refractivity contribution in [3.05, 3.63) is 58.9 Å². The Morgan fingerprint density at radius 1 is 1.30 bits per heavy atom. The molecule has 1 amide bonds. The van der Waals surface area contributed by atoms with Gasteiger partial charge in [0.2, 0.25) is 11.7 Å². The number of aromatic nitrogens is 4. The smallest absolute Gasteiger partial charge is 0.246 e. The molecule has 3 aromatic rings. The van der Waals surface area contributed by atoms with Crippen LogP contribution in [0.1, 0.15) is 5.56 Å². The first-order chi connectivity index (χ1) is 13.0. The summed E-state index contributed by atoms with van der Waals surface area (Å²) in [6.45, 7) is -0.0820. The number of rotatable bonds is 6. The number of halogens is 2. The molecular weight excluding hydrogens is 373 g/mol. The lowest BCUT2D eigenvalue weighted by Gasteiger charge is -2.18. The van der Waals surface area contributed by atoms with Crippen LogP contribution >= 0.6 is 11.6 Å². The number of hydrogen-bond acceptors (Lipinski definition) is 5. The lowest BCUT2D eigenvalue weighted by Crippen LogP contribution is -2.31. The zero-order chi connectivity index (χ0) is 19.4. The minimum Gasteiger partial charge on any atom is -0.497 e. The van der Waals surface area contributed by atoms with E-state index < -0.39 is 5.82 Å². The number of ether oxygens (including phenoxy) is 1. The van der Waals surface area contributed by atoms with Gasteiger partial charge < -0.3 is 9.64 Å². The van der Waals surface area contributed by atoms with Gasteiger partial charge in [-0.3, -0.25) is 4.79 Å². The molecule has 3 rings (SSSR count). The molecule has 140 valence electrons. The highest BCUT2D eigenvalue weighted by Gasteiger charge is 2.16. The first-order valence-electron chi connectivity index (χ1n) is 8.07. The summed E-state index contributed by atoms with van der Waals surface area (Å²) in [6.07, 6.45) is 0. The van der Waals surface area contributed by atoms with E-state index >= 15 is 0 Å². The molecule has 7 nitrogen and oxygen atoms in total. The highest BCUT2D eigenvalue weighted by molar-refractivity contribution is 6.31. The molecule has 1 aromatic heterocycles. The zero-order valence-corrected chi connectivity index (χ0v) is 15.5. The highest BCUT2D eigenvalue weighted by atomic mass is 35.5. The number of tetrazole rings is 1. The van der Waals surface area contributed by atoms with Gasteiger partial charge in [0.05, 0.1) is 7.11 Å². The first-order valence-corrected chi connectivity index (χ1v) is 8.45. The van der Waals surface area contributed by atoms with Gasteiger partial charge in [-0.2, -0.15) is 4.80 Å². The first kappa shape index (κ1) is 18.8. The van der Waals surface area contributed by atoms with Gasteiger partial charge >= 0.3 is 0 Å². The van der Waals surface area contributed by atoms with Gasteiger partial charge in [0.25, 0.3) is 0 Å². The fourth-order valence-corrected chi connectivity index (χ4v) is 2.66. The van der Waals surface area contributed by atoms with Crippen LogP contribution in [0.15, 0.2) is 42.5 Å². The van der Waals surface area contributed by atoms with E-state index in [2.05, 4.69) is 15.4 Å². The summed E-state index contributed by atoms with van der Waals surface area (Å²) in [4.78, 5) is 14.9. The van der Waals surface area contributed by atoms with E-state index in [9.17, 15) is 9.18 Å². The van der Waals surface area contributed by atoms with Crippen LogP contribution in [0, 0.1) is 5.82 Å². The van der Waals surface area contributed by atoms with Crippen molar-refractivity contribution in [3.8, 4) is 17.1 Å². The third-order valence-corrected chi connectivity index (χ3v) is 4.29. The van der Waals surface area contributed by atoms with Crippen LogP contribution < -0.4 is 4.74 Å². The SMILES string of the molecule is COc1cccc(-c2nnn(CC(=O)N(C)Cc3c(F)cccc3Cl)n2)c1. The summed E-state index contributed by atoms with van der Waals surface area (Å²) in [5.41, 5.74) is 0.984. The van der Waals surface area contributed by atoms with Crippen LogP contribution in [0.3, 0.4) is 0 Å². The fraction of sp³-hybridized carbons (Fsp3) is 0.222. The van der Waals surface area contributed by atoms with Crippen LogP contribution in [0.5, 0.6) is 5.75 Å². The van der Waals surface area contributed by atoms with E-state index in [-0.39, 0.29) is 29.6 Å². The molecule has 27 heavy (non-hydrogen) atoms. The van der Waals surface area contributed by atoms with Crippen LogP contribution in [-0.2, 0) is 17.9 Å². The van der Waals surface area contributed by atoms with Crippen molar-refractivity contribution in [2.75, 3.05) is 14.2 Å². The number of benzene rings is 2. The second-order valence-electron chi connectivity index (χ2n) is 5.83. The Morgan fingerprint density at radius 3 is 2.81 bits per heavy atom. The third kappa shape index (κ3) is 4.40. The van der Waals surface area contributed by atoms with E-state index in [4.69, 9.17) is 16.3 Å². The summed E-state index contributed by atoms with van der Waals surface area (Å²) < 4.78 is 19.1. The number of likely N-dealkylation sites (N-methyl/N-ethyl adjacent to an activating group) is 1. The van der Waals surface area contributed by atoms with Crippen LogP contribution in [0.2, 0.25) is 5.02 Å². The number of hydrogen-bond donors (Lipinski definition) is 0. The van der Waals surface area contributed by atoms with Gasteiger partial charge in [-0.1, -0.05) is 29.8 Å². The second-order valence-corrected chi connectivity index (χ2v) is 6.23. The summed E-state index contributed by atoms with van der Waals surface area (Å²) in [5, 5.41) is 12.3. The van der Waals surface area contributed by atoms with E-state index in [0.29, 0.717) is 11.6 Å². The molecule has 0 saturated carbocycles. The number of carbonyl (C=O) groups is 1. The molecule has 2 aromatic carbocycles. The normalized spacial score (nSPS) is 10.7. The molecule has 9 heteroatoms. The molecule has 0 aliphatic carbocycles. The van der Waals surface area contributed by atoms with Crippen molar-refractivity contribution < 1.29 is 13.9 Å². The van der Waals surface area contributed by atoms with E-state index in [0.717, 1.165) is 5.56 Å². The van der Waals surface area contributed by atoms with E-state index in [1.54, 1.807) is 32.4 Å². The maximum Gasteiger partial charge on any atom is 0.246 e. The quantitative estimate of drug-likeness (QED) is 0.648. The molecule has 0 N–H and O–H groups in total. The fourth-order valence-electron chi connectivity index (χ4n) is 2.44. The standard InChI is InChI=1S/C18H17ClFN5O2/c1-24(10-14-15(19)7-4-8-16(14)20)17(26)11-25-22-18(21-23-25)12-5-3-6-13(9-12)27-2/h3-9H,10-11H2,1-2H3. The molecule has 0 bridgehead atoms. The molecule has 0 spiro atoms. The highest BCUT2D eigenvalue weighted by Crippen LogP contribution is 2.21. The van der Waals surface area contributed by atoms with Gasteiger partial charge in [-0.15, -0.1) is 10.2 Å². The monoisotopic (exact) mass is 389 g/mol. The second kappa shape index (κ2) is 8.13. The van der Waals surface area contributed by atoms with Gasteiger partial charge in [0, 0.05) is 29.7 Å². The summed E-state index contributed by atoms with van der Waals surface area (Å²) in [6, 6.07) is 11.6. The lowest BCUT2D eigenvalue weighted by molar-refractivity contribution is -0.131. The maximum absolute atomic E-state index is 13.9. The molecule has 0 aliphatic heterocycles. The summed E-state index contributed by atoms with van der Waals surface area (Å²) in [7, 11) is 3.13. The van der Waals surface area contributed by atoms with Crippen molar-refractivity contribution >= 4 is 17.5 Å². The van der Waals surface area contributed by atoms with Crippen LogP contribution in [0.4, 0.5) is 4.39 Å². The molecule has 0 saturated heterocycles. The van der Waals surface area contributed by atoms with E-state index in [1.165, 1.54) is 21.8 Å². The number of carbonyl (C=O) groups excluding carboxylic acids is 1. The topological polar surface area (TPSA) is 73.1 Å². The number of amides is 1. The lowest BCUT2D eigenvalue weighted by atomic mass is 10.2. The number of methoxy groups -OCH3 is 1. The molecule has 0 unspecified atom stereocenters. The average molecular weight is 390 g/mol. The Bertz CT molecular complexity index is 942. The molecule has 0 aliphatic rings. The Labute approximate surface area is 160 Å². The molecule has 1 heterocycles. The van der Waals surface area contributed by atoms with Crippen molar-refractivity contribution in [2.45, 2.75) is 13.1 Å². The van der Waals surface area contributed by atoms with Crippen molar-refractivity contribution in [1.29, 1.82) is 0 Å². The summed E-state index contributed by atoms with van der Waals surface area (Å²) in [5.74, 6) is 0.285. The Hall–Kier alpha value is -3.00. The predicted octanol–water partition coefficient (Wildman–Crippen LogP) is 2.80. The van der Waals surface area contributed by atoms with Crippen molar-refractivity contribution in [3.63, 3.8) is 0 Å². The maximum atomic E-state index is 13.9. The van der Waals surface area contributed by atoms with Gasteiger partial charge in [-0.05, 0) is 29.5 Å². The van der Waals surface area contributed by atoms with Crippen molar-refractivity contribution in [1.82, 2.24) is 25.1 Å². The average Bonchev–Trinajstić information content (AvgIpc) is 3.13. The third-order valence-electron chi connectivity index (χ3n) is 3.94. The van der Waals surface area contributed by atoms with Crippen LogP contribution in [0.25, 0.3) is 11.4 Å². The molecule has 0 atom stereocenters. The van der Waals surface area contributed by atoms with Crippen molar-refractivity contribution in [2.24, 2.45) is 0 Å². The Morgan fingerprint density at radius 2 is 2.07 bits per heavy atom. The minimum atomic E-state index is -0.457. The number of nitrogens with zero attached hydrogens (tertiary/aromatic N) is 5. The largest absolute Gasteiger partial charge is 0.497 e. The molecule has 0 radical (unpaired) electrons. The van der Waals surface area contributed by atoms with E-state index in [1.807, 2.05) is 12.1 Å². The van der Waals surface area contributed by atoms with Gasteiger partial charge in [-0.25, -0.2) is 4.39 Å². The Balaban J connectivity index is 1.68. The Kier molecular flexibility index (Phi) is 5.66. The molecule has 0 fully saturated rings. The predicted molar refractivity (Wildman–Crippen MR) is 97.7 cm³/mol. The van der Waals surface area contributed by atoms with Gasteiger partial charge in [0.1, 0.15) is 18.1 Å². The van der Waals surface area contributed by atoms with Gasteiger partial charge in [0.15, 0.2) is 0 Å². The summed E-state index contributed by atoms with van der Waals surface area (Å²) >= 11 is 6.01. The minimum absolute atomic E-state index is 0.0434. The van der Waals surface area contributed by atoms with Crippen LogP contribution in [-0.4, -0.2) is 45.2 Å². The molecular formula is C18H17ClFN5O2. The zero-order valence-electron chi connectivity index (χ0n) is 14.8.